The SMILES string of the molecule is CNC(=O)[C@@](C)(C(=O)NO)N(C)C(=O)c1ccc(-c2ccc(CN3CC(OCCF)C3)cc2)cc1. The fourth-order valence-electron chi connectivity index (χ4n) is 3.99. The van der Waals surface area contributed by atoms with E-state index in [9.17, 15) is 18.8 Å². The highest BCUT2D eigenvalue weighted by atomic mass is 19.1. The Morgan fingerprint density at radius 3 is 2.17 bits per heavy atom. The van der Waals surface area contributed by atoms with Crippen molar-refractivity contribution in [1.82, 2.24) is 20.6 Å². The molecule has 1 fully saturated rings. The number of ether oxygens (including phenoxy) is 1. The summed E-state index contributed by atoms with van der Waals surface area (Å²) in [6.45, 7) is 3.33. The minimum Gasteiger partial charge on any atom is -0.373 e. The van der Waals surface area contributed by atoms with Crippen LogP contribution >= 0.6 is 0 Å². The van der Waals surface area contributed by atoms with Crippen molar-refractivity contribution >= 4 is 17.7 Å². The first-order valence-electron chi connectivity index (χ1n) is 11.3. The summed E-state index contributed by atoms with van der Waals surface area (Å²) in [6, 6.07) is 14.9. The van der Waals surface area contributed by atoms with Crippen LogP contribution in [-0.4, -0.2) is 84.8 Å². The van der Waals surface area contributed by atoms with Gasteiger partial charge >= 0.3 is 0 Å². The summed E-state index contributed by atoms with van der Waals surface area (Å²) in [6.07, 6.45) is 0.109. The average molecular weight is 487 g/mol. The number of likely N-dealkylation sites (tertiary alicyclic amines) is 1. The lowest BCUT2D eigenvalue weighted by Gasteiger charge is -2.38. The highest BCUT2D eigenvalue weighted by Gasteiger charge is 2.47. The molecule has 0 unspecified atom stereocenters. The number of hydroxylamine groups is 1. The molecule has 3 rings (SSSR count). The highest BCUT2D eigenvalue weighted by Crippen LogP contribution is 2.24. The van der Waals surface area contributed by atoms with Crippen LogP contribution in [0.1, 0.15) is 22.8 Å². The molecule has 188 valence electrons. The molecular formula is C25H31FN4O5. The second kappa shape index (κ2) is 11.4. The number of amides is 3. The van der Waals surface area contributed by atoms with Crippen molar-refractivity contribution in [2.24, 2.45) is 0 Å². The number of alkyl halides is 1. The summed E-state index contributed by atoms with van der Waals surface area (Å²) in [5.41, 5.74) is 2.84. The Hall–Kier alpha value is -3.34. The van der Waals surface area contributed by atoms with Crippen LogP contribution in [0.25, 0.3) is 11.1 Å². The lowest BCUT2D eigenvalue weighted by atomic mass is 9.96. The number of hydrogen-bond acceptors (Lipinski definition) is 6. The standard InChI is InChI=1S/C25H31FN4O5/c1-25(23(32)27-2,24(33)28-34)29(3)22(31)20-10-8-19(9-11-20)18-6-4-17(5-7-18)14-30-15-21(16-30)35-13-12-26/h4-11,21,34H,12-16H2,1-3H3,(H,27,32)(H,28,33)/t25-/m0/s1. The van der Waals surface area contributed by atoms with Crippen LogP contribution < -0.4 is 10.8 Å². The van der Waals surface area contributed by atoms with Crippen LogP contribution in [-0.2, 0) is 20.9 Å². The van der Waals surface area contributed by atoms with E-state index in [1.54, 1.807) is 24.3 Å². The van der Waals surface area contributed by atoms with Gasteiger partial charge in [0.2, 0.25) is 0 Å². The van der Waals surface area contributed by atoms with Crippen LogP contribution in [0, 0.1) is 0 Å². The molecule has 1 aliphatic heterocycles. The molecule has 1 heterocycles. The fraction of sp³-hybridized carbons (Fsp3) is 0.400. The lowest BCUT2D eigenvalue weighted by Crippen LogP contribution is -2.64. The van der Waals surface area contributed by atoms with Gasteiger partial charge in [0.1, 0.15) is 6.67 Å². The molecule has 1 aliphatic rings. The number of benzene rings is 2. The van der Waals surface area contributed by atoms with Crippen LogP contribution in [0.15, 0.2) is 48.5 Å². The van der Waals surface area contributed by atoms with Gasteiger partial charge in [-0.3, -0.25) is 24.5 Å². The van der Waals surface area contributed by atoms with Gasteiger partial charge in [0.15, 0.2) is 5.54 Å². The molecule has 3 amide bonds. The molecule has 0 aliphatic carbocycles. The van der Waals surface area contributed by atoms with Gasteiger partial charge in [-0.25, -0.2) is 9.87 Å². The van der Waals surface area contributed by atoms with Gasteiger partial charge < -0.3 is 15.0 Å². The van der Waals surface area contributed by atoms with Gasteiger partial charge in [0.05, 0.1) is 12.7 Å². The summed E-state index contributed by atoms with van der Waals surface area (Å²) in [7, 11) is 2.67. The predicted molar refractivity (Wildman–Crippen MR) is 127 cm³/mol. The number of halogens is 1. The number of likely N-dealkylation sites (N-methyl/N-ethyl adjacent to an activating group) is 2. The largest absolute Gasteiger partial charge is 0.373 e. The van der Waals surface area contributed by atoms with Crippen molar-refractivity contribution in [2.75, 3.05) is 40.5 Å². The minimum absolute atomic E-state index is 0.109. The molecule has 0 spiro atoms. The number of rotatable bonds is 10. The van der Waals surface area contributed by atoms with Gasteiger partial charge in [-0.15, -0.1) is 0 Å². The third-order valence-corrected chi connectivity index (χ3v) is 6.37. The minimum atomic E-state index is -1.94. The normalized spacial score (nSPS) is 15.6. The molecule has 0 radical (unpaired) electrons. The zero-order valence-electron chi connectivity index (χ0n) is 20.1. The number of carbonyl (C=O) groups excluding carboxylic acids is 3. The number of nitrogens with zero attached hydrogens (tertiary/aromatic N) is 2. The molecule has 0 saturated carbocycles. The van der Waals surface area contributed by atoms with E-state index < -0.39 is 29.9 Å². The Bertz CT molecular complexity index is 1020. The van der Waals surface area contributed by atoms with Crippen molar-refractivity contribution in [3.05, 3.63) is 59.7 Å². The van der Waals surface area contributed by atoms with Gasteiger partial charge in [-0.1, -0.05) is 36.4 Å². The Kier molecular flexibility index (Phi) is 8.55. The topological polar surface area (TPSA) is 111 Å². The Balaban J connectivity index is 1.64. The monoisotopic (exact) mass is 486 g/mol. The third-order valence-electron chi connectivity index (χ3n) is 6.37. The zero-order chi connectivity index (χ0) is 25.6. The first-order chi connectivity index (χ1) is 16.7. The molecule has 2 aromatic carbocycles. The smallest absolute Gasteiger partial charge is 0.278 e. The Morgan fingerprint density at radius 2 is 1.66 bits per heavy atom. The molecule has 0 bridgehead atoms. The number of carbonyl (C=O) groups is 3. The fourth-order valence-corrected chi connectivity index (χ4v) is 3.99. The van der Waals surface area contributed by atoms with Crippen molar-refractivity contribution in [1.29, 1.82) is 0 Å². The second-order valence-corrected chi connectivity index (χ2v) is 8.61. The summed E-state index contributed by atoms with van der Waals surface area (Å²) in [4.78, 5) is 40.7. The van der Waals surface area contributed by atoms with Gasteiger partial charge in [-0.05, 0) is 35.7 Å². The van der Waals surface area contributed by atoms with Crippen LogP contribution in [0.4, 0.5) is 4.39 Å². The van der Waals surface area contributed by atoms with Crippen LogP contribution in [0.3, 0.4) is 0 Å². The van der Waals surface area contributed by atoms with Crippen molar-refractivity contribution in [3.8, 4) is 11.1 Å². The zero-order valence-corrected chi connectivity index (χ0v) is 20.1. The van der Waals surface area contributed by atoms with E-state index >= 15 is 0 Å². The summed E-state index contributed by atoms with van der Waals surface area (Å²) >= 11 is 0. The Labute approximate surface area is 203 Å². The van der Waals surface area contributed by atoms with Crippen molar-refractivity contribution < 1.29 is 28.7 Å². The van der Waals surface area contributed by atoms with E-state index in [-0.39, 0.29) is 18.3 Å². The second-order valence-electron chi connectivity index (χ2n) is 8.61. The summed E-state index contributed by atoms with van der Waals surface area (Å²) in [5, 5.41) is 11.4. The molecule has 0 aromatic heterocycles. The third kappa shape index (κ3) is 5.67. The van der Waals surface area contributed by atoms with E-state index in [1.807, 2.05) is 24.3 Å². The maximum atomic E-state index is 13.0. The van der Waals surface area contributed by atoms with E-state index in [1.165, 1.54) is 26.5 Å². The molecule has 35 heavy (non-hydrogen) atoms. The van der Waals surface area contributed by atoms with Gasteiger partial charge in [0, 0.05) is 39.3 Å². The number of hydrogen-bond donors (Lipinski definition) is 3. The molecule has 1 atom stereocenters. The van der Waals surface area contributed by atoms with Gasteiger partial charge in [-0.2, -0.15) is 0 Å². The van der Waals surface area contributed by atoms with E-state index in [0.29, 0.717) is 0 Å². The van der Waals surface area contributed by atoms with E-state index in [2.05, 4.69) is 10.2 Å². The molecule has 1 saturated heterocycles. The molecule has 9 nitrogen and oxygen atoms in total. The van der Waals surface area contributed by atoms with Crippen LogP contribution in [0.5, 0.6) is 0 Å². The molecule has 3 N–H and O–H groups in total. The average Bonchev–Trinajstić information content (AvgIpc) is 2.87. The summed E-state index contributed by atoms with van der Waals surface area (Å²) in [5.74, 6) is -2.31. The van der Waals surface area contributed by atoms with Crippen molar-refractivity contribution in [2.45, 2.75) is 25.1 Å². The first kappa shape index (κ1) is 26.3. The van der Waals surface area contributed by atoms with Crippen molar-refractivity contribution in [3.63, 3.8) is 0 Å². The van der Waals surface area contributed by atoms with Gasteiger partial charge in [0.25, 0.3) is 17.7 Å². The van der Waals surface area contributed by atoms with E-state index in [0.717, 1.165) is 41.2 Å². The first-order valence-corrected chi connectivity index (χ1v) is 11.3. The molecular weight excluding hydrogens is 455 g/mol. The summed E-state index contributed by atoms with van der Waals surface area (Å²) < 4.78 is 17.5. The lowest BCUT2D eigenvalue weighted by molar-refractivity contribution is -0.148. The van der Waals surface area contributed by atoms with E-state index in [4.69, 9.17) is 9.94 Å². The maximum absolute atomic E-state index is 13.0. The Morgan fingerprint density at radius 1 is 1.09 bits per heavy atom. The quantitative estimate of drug-likeness (QED) is 0.267. The maximum Gasteiger partial charge on any atom is 0.278 e. The van der Waals surface area contributed by atoms with Crippen LogP contribution in [0.2, 0.25) is 0 Å². The molecule has 2 aromatic rings. The molecule has 10 heteroatoms. The highest BCUT2D eigenvalue weighted by molar-refractivity contribution is 6.12. The predicted octanol–water partition coefficient (Wildman–Crippen LogP) is 1.61. The number of nitrogens with one attached hydrogen (secondary N) is 2.